The minimum atomic E-state index is -0.714. The van der Waals surface area contributed by atoms with E-state index in [4.69, 9.17) is 17.3 Å². The van der Waals surface area contributed by atoms with E-state index < -0.39 is 6.03 Å². The van der Waals surface area contributed by atoms with Crippen LogP contribution in [-0.2, 0) is 0 Å². The molecular weight excluding hydrogens is 281 g/mol. The van der Waals surface area contributed by atoms with E-state index in [-0.39, 0.29) is 0 Å². The average molecular weight is 291 g/mol. The number of benzene rings is 1. The third-order valence-electron chi connectivity index (χ3n) is 1.58. The lowest BCUT2D eigenvalue weighted by molar-refractivity contribution is 0.249. The van der Waals surface area contributed by atoms with E-state index in [2.05, 4.69) is 26.5 Å². The Labute approximate surface area is 101 Å². The van der Waals surface area contributed by atoms with Gasteiger partial charge < -0.3 is 5.73 Å². The number of nitrogens with zero attached hydrogens (tertiary/aromatic N) is 1. The molecule has 0 heterocycles. The molecule has 0 saturated heterocycles. The van der Waals surface area contributed by atoms with Crippen LogP contribution in [-0.4, -0.2) is 12.2 Å². The van der Waals surface area contributed by atoms with Gasteiger partial charge >= 0.3 is 6.03 Å². The summed E-state index contributed by atoms with van der Waals surface area (Å²) < 4.78 is 0.782. The molecule has 0 spiro atoms. The number of nitrogens with two attached hydrogens (primary N) is 1. The van der Waals surface area contributed by atoms with Crippen molar-refractivity contribution in [2.24, 2.45) is 10.8 Å². The molecule has 2 amide bonds. The lowest BCUT2D eigenvalue weighted by atomic mass is 10.1. The van der Waals surface area contributed by atoms with Gasteiger partial charge in [-0.25, -0.2) is 10.2 Å². The van der Waals surface area contributed by atoms with Crippen LogP contribution in [0.2, 0.25) is 5.02 Å². The van der Waals surface area contributed by atoms with Crippen molar-refractivity contribution in [2.45, 2.75) is 6.92 Å². The van der Waals surface area contributed by atoms with Crippen LogP contribution in [0.15, 0.2) is 21.7 Å². The standard InChI is InChI=1S/C9H9BrClN3O/c1-5-2-6(4-13-14-9(12)15)8(11)7(10)3-5/h2-4H,1H3,(H3,12,14,15). The van der Waals surface area contributed by atoms with Crippen LogP contribution in [0.1, 0.15) is 11.1 Å². The predicted octanol–water partition coefficient (Wildman–Crippen LogP) is 2.41. The zero-order valence-corrected chi connectivity index (χ0v) is 10.3. The molecule has 1 rings (SSSR count). The average Bonchev–Trinajstić information content (AvgIpc) is 2.12. The lowest BCUT2D eigenvalue weighted by Crippen LogP contribution is -2.24. The van der Waals surface area contributed by atoms with Gasteiger partial charge in [-0.1, -0.05) is 11.6 Å². The normalized spacial score (nSPS) is 10.6. The zero-order valence-electron chi connectivity index (χ0n) is 7.92. The van der Waals surface area contributed by atoms with Crippen LogP contribution in [0, 0.1) is 6.92 Å². The predicted molar refractivity (Wildman–Crippen MR) is 64.2 cm³/mol. The molecule has 1 aromatic carbocycles. The van der Waals surface area contributed by atoms with Crippen molar-refractivity contribution in [2.75, 3.05) is 0 Å². The number of hydrogen-bond acceptors (Lipinski definition) is 2. The van der Waals surface area contributed by atoms with Crippen molar-refractivity contribution in [3.8, 4) is 0 Å². The SMILES string of the molecule is Cc1cc(Br)c(Cl)c(C=NNC(N)=O)c1. The molecule has 0 saturated carbocycles. The largest absolute Gasteiger partial charge is 0.350 e. The topological polar surface area (TPSA) is 67.5 Å². The Balaban J connectivity index is 2.94. The molecule has 0 aliphatic heterocycles. The molecule has 0 atom stereocenters. The Morgan fingerprint density at radius 2 is 2.33 bits per heavy atom. The molecule has 4 nitrogen and oxygen atoms in total. The van der Waals surface area contributed by atoms with Gasteiger partial charge in [0.2, 0.25) is 0 Å². The quantitative estimate of drug-likeness (QED) is 0.637. The number of aryl methyl sites for hydroxylation is 1. The summed E-state index contributed by atoms with van der Waals surface area (Å²) in [6.07, 6.45) is 1.44. The number of rotatable bonds is 2. The van der Waals surface area contributed by atoms with Gasteiger partial charge in [-0.2, -0.15) is 5.10 Å². The van der Waals surface area contributed by atoms with Gasteiger partial charge in [-0.05, 0) is 40.5 Å². The van der Waals surface area contributed by atoms with Crippen molar-refractivity contribution in [1.29, 1.82) is 0 Å². The van der Waals surface area contributed by atoms with Gasteiger partial charge in [0.15, 0.2) is 0 Å². The van der Waals surface area contributed by atoms with Crippen molar-refractivity contribution in [3.05, 3.63) is 32.8 Å². The highest BCUT2D eigenvalue weighted by atomic mass is 79.9. The van der Waals surface area contributed by atoms with Gasteiger partial charge in [0.1, 0.15) is 0 Å². The molecule has 0 radical (unpaired) electrons. The highest BCUT2D eigenvalue weighted by Crippen LogP contribution is 2.26. The number of amides is 2. The molecule has 0 unspecified atom stereocenters. The molecule has 0 aliphatic carbocycles. The summed E-state index contributed by atoms with van der Waals surface area (Å²) >= 11 is 9.31. The summed E-state index contributed by atoms with van der Waals surface area (Å²) in [5.41, 5.74) is 8.68. The molecule has 80 valence electrons. The minimum Gasteiger partial charge on any atom is -0.350 e. The first-order valence-corrected chi connectivity index (χ1v) is 5.22. The maximum atomic E-state index is 10.4. The van der Waals surface area contributed by atoms with Crippen LogP contribution < -0.4 is 11.2 Å². The summed E-state index contributed by atoms with van der Waals surface area (Å²) in [6, 6.07) is 3.02. The van der Waals surface area contributed by atoms with Crippen LogP contribution in [0.4, 0.5) is 4.79 Å². The van der Waals surface area contributed by atoms with E-state index in [1.54, 1.807) is 0 Å². The second-order valence-corrected chi connectivity index (χ2v) is 4.12. The summed E-state index contributed by atoms with van der Waals surface area (Å²) in [6.45, 7) is 1.93. The van der Waals surface area contributed by atoms with Crippen molar-refractivity contribution >= 4 is 39.8 Å². The summed E-state index contributed by atoms with van der Waals surface area (Å²) in [5.74, 6) is 0. The van der Waals surface area contributed by atoms with Gasteiger partial charge in [0.25, 0.3) is 0 Å². The first-order valence-electron chi connectivity index (χ1n) is 4.05. The molecule has 6 heteroatoms. The van der Waals surface area contributed by atoms with Gasteiger partial charge in [-0.15, -0.1) is 0 Å². The Kier molecular flexibility index (Phi) is 4.11. The first kappa shape index (κ1) is 12.0. The van der Waals surface area contributed by atoms with Crippen LogP contribution in [0.3, 0.4) is 0 Å². The molecule has 0 bridgehead atoms. The van der Waals surface area contributed by atoms with Gasteiger partial charge in [0, 0.05) is 10.0 Å². The highest BCUT2D eigenvalue weighted by Gasteiger charge is 2.03. The number of hydrogen-bond donors (Lipinski definition) is 2. The Morgan fingerprint density at radius 3 is 2.93 bits per heavy atom. The van der Waals surface area contributed by atoms with Crippen molar-refractivity contribution < 1.29 is 4.79 Å². The molecule has 15 heavy (non-hydrogen) atoms. The Bertz CT molecular complexity index is 420. The fraction of sp³-hybridized carbons (Fsp3) is 0.111. The van der Waals surface area contributed by atoms with Crippen LogP contribution in [0.25, 0.3) is 0 Å². The number of nitrogens with one attached hydrogen (secondary N) is 1. The zero-order chi connectivity index (χ0) is 11.4. The number of primary amides is 1. The maximum Gasteiger partial charge on any atom is 0.332 e. The molecule has 0 fully saturated rings. The van der Waals surface area contributed by atoms with Crippen molar-refractivity contribution in [1.82, 2.24) is 5.43 Å². The van der Waals surface area contributed by atoms with Crippen LogP contribution in [0.5, 0.6) is 0 Å². The fourth-order valence-corrected chi connectivity index (χ4v) is 1.76. The number of hydrazone groups is 1. The fourth-order valence-electron chi connectivity index (χ4n) is 1.01. The molecular formula is C9H9BrClN3O. The lowest BCUT2D eigenvalue weighted by Gasteiger charge is -2.02. The van der Waals surface area contributed by atoms with E-state index in [1.165, 1.54) is 6.21 Å². The monoisotopic (exact) mass is 289 g/mol. The van der Waals surface area contributed by atoms with E-state index in [9.17, 15) is 4.79 Å². The van der Waals surface area contributed by atoms with E-state index >= 15 is 0 Å². The molecule has 1 aromatic rings. The number of urea groups is 1. The third kappa shape index (κ3) is 3.53. The van der Waals surface area contributed by atoms with E-state index in [0.29, 0.717) is 10.6 Å². The van der Waals surface area contributed by atoms with Gasteiger partial charge in [-0.3, -0.25) is 0 Å². The summed E-state index contributed by atoms with van der Waals surface area (Å²) in [5, 5.41) is 4.17. The molecule has 3 N–H and O–H groups in total. The van der Waals surface area contributed by atoms with Crippen molar-refractivity contribution in [3.63, 3.8) is 0 Å². The second kappa shape index (κ2) is 5.14. The second-order valence-electron chi connectivity index (χ2n) is 2.88. The molecule has 0 aromatic heterocycles. The Morgan fingerprint density at radius 1 is 1.67 bits per heavy atom. The van der Waals surface area contributed by atoms with E-state index in [1.807, 2.05) is 19.1 Å². The Hall–Kier alpha value is -1.07. The number of halogens is 2. The van der Waals surface area contributed by atoms with Gasteiger partial charge in [0.05, 0.1) is 11.2 Å². The first-order chi connectivity index (χ1) is 7.00. The maximum absolute atomic E-state index is 10.4. The number of carbonyl (C=O) groups excluding carboxylic acids is 1. The summed E-state index contributed by atoms with van der Waals surface area (Å²) in [7, 11) is 0. The summed E-state index contributed by atoms with van der Waals surface area (Å²) in [4.78, 5) is 10.4. The smallest absolute Gasteiger partial charge is 0.332 e. The number of carbonyl (C=O) groups is 1. The third-order valence-corrected chi connectivity index (χ3v) is 2.85. The van der Waals surface area contributed by atoms with E-state index in [0.717, 1.165) is 10.0 Å². The van der Waals surface area contributed by atoms with Crippen LogP contribution >= 0.6 is 27.5 Å². The highest BCUT2D eigenvalue weighted by molar-refractivity contribution is 9.10. The minimum absolute atomic E-state index is 0.538. The molecule has 0 aliphatic rings.